The summed E-state index contributed by atoms with van der Waals surface area (Å²) in [4.78, 5) is 15.8. The maximum Gasteiger partial charge on any atom is 0.213 e. The third-order valence-corrected chi connectivity index (χ3v) is 6.77. The van der Waals surface area contributed by atoms with Crippen LogP contribution < -0.4 is 5.73 Å². The molecule has 0 saturated carbocycles. The lowest BCUT2D eigenvalue weighted by molar-refractivity contribution is 0.109. The van der Waals surface area contributed by atoms with Gasteiger partial charge in [-0.1, -0.05) is 36.4 Å². The Labute approximate surface area is 191 Å². The quantitative estimate of drug-likeness (QED) is 0.679. The number of nitrogens with two attached hydrogens (primary N) is 1. The van der Waals surface area contributed by atoms with E-state index in [4.69, 9.17) is 5.73 Å². The van der Waals surface area contributed by atoms with Gasteiger partial charge in [0.15, 0.2) is 0 Å². The molecule has 0 bridgehead atoms. The van der Waals surface area contributed by atoms with Crippen LogP contribution >= 0.6 is 0 Å². The molecule has 1 aromatic carbocycles. The van der Waals surface area contributed by atoms with Gasteiger partial charge in [-0.25, -0.2) is 0 Å². The van der Waals surface area contributed by atoms with Crippen LogP contribution in [0.5, 0.6) is 0 Å². The summed E-state index contributed by atoms with van der Waals surface area (Å²) < 4.78 is 0. The van der Waals surface area contributed by atoms with E-state index < -0.39 is 0 Å². The molecule has 2 aromatic rings. The van der Waals surface area contributed by atoms with Gasteiger partial charge in [0.2, 0.25) is 12.2 Å². The summed E-state index contributed by atoms with van der Waals surface area (Å²) in [6.45, 7) is 6.60. The Kier molecular flexibility index (Phi) is 7.35. The highest BCUT2D eigenvalue weighted by Crippen LogP contribution is 2.35. The van der Waals surface area contributed by atoms with Crippen molar-refractivity contribution in [2.75, 3.05) is 26.2 Å². The minimum atomic E-state index is 0.179. The first kappa shape index (κ1) is 22.3. The standard InChI is InChI=1S/C25H33N7/c1-20(9-12-26)30-14-10-23(11-15-30)32-24(22-7-3-2-4-8-22)18-31(25(32)29-19-27)17-21-6-5-13-28-16-21/h2-8,13,16,20,23-24H,9-12,14-15,17-18,26H2,1H3/t20-,24-/m0/s1. The van der Waals surface area contributed by atoms with Crippen molar-refractivity contribution < 1.29 is 0 Å². The van der Waals surface area contributed by atoms with E-state index >= 15 is 0 Å². The second-order valence-electron chi connectivity index (χ2n) is 8.78. The molecule has 1 aromatic heterocycles. The predicted molar refractivity (Wildman–Crippen MR) is 126 cm³/mol. The topological polar surface area (TPSA) is 84.8 Å². The van der Waals surface area contributed by atoms with Crippen LogP contribution in [0.4, 0.5) is 0 Å². The minimum Gasteiger partial charge on any atom is -0.335 e. The van der Waals surface area contributed by atoms with Crippen LogP contribution in [-0.2, 0) is 6.54 Å². The number of rotatable bonds is 7. The Bertz CT molecular complexity index is 916. The number of aliphatic imine (C=N–C) groups is 1. The molecule has 0 spiro atoms. The lowest BCUT2D eigenvalue weighted by atomic mass is 9.98. The first-order valence-electron chi connectivity index (χ1n) is 11.6. The summed E-state index contributed by atoms with van der Waals surface area (Å²) in [6, 6.07) is 15.7. The van der Waals surface area contributed by atoms with Crippen molar-refractivity contribution in [3.8, 4) is 6.19 Å². The van der Waals surface area contributed by atoms with E-state index in [1.54, 1.807) is 6.20 Å². The van der Waals surface area contributed by atoms with Crippen LogP contribution in [0.1, 0.15) is 43.4 Å². The molecule has 2 N–H and O–H groups in total. The third kappa shape index (κ3) is 4.93. The van der Waals surface area contributed by atoms with Crippen molar-refractivity contribution in [2.24, 2.45) is 10.7 Å². The maximum atomic E-state index is 9.53. The number of hydrogen-bond acceptors (Lipinski definition) is 5. The SMILES string of the molecule is C[C@@H](CCN)N1CCC(N2C(=NC#N)N(Cc3cccnc3)C[C@H]2c2ccccc2)CC1. The Balaban J connectivity index is 1.59. The first-order chi connectivity index (χ1) is 15.7. The molecule has 7 heteroatoms. The number of nitriles is 1. The van der Waals surface area contributed by atoms with E-state index in [-0.39, 0.29) is 6.04 Å². The molecule has 0 amide bonds. The Morgan fingerprint density at radius 1 is 1.19 bits per heavy atom. The molecular formula is C25H33N7. The average molecular weight is 432 g/mol. The largest absolute Gasteiger partial charge is 0.335 e. The van der Waals surface area contributed by atoms with Crippen LogP contribution in [0.3, 0.4) is 0 Å². The van der Waals surface area contributed by atoms with Gasteiger partial charge in [0.05, 0.1) is 6.04 Å². The molecule has 3 heterocycles. The van der Waals surface area contributed by atoms with Crippen molar-refractivity contribution in [1.29, 1.82) is 5.26 Å². The van der Waals surface area contributed by atoms with Gasteiger partial charge in [-0.2, -0.15) is 5.26 Å². The molecule has 2 fully saturated rings. The molecule has 168 valence electrons. The Hall–Kier alpha value is -2.95. The molecule has 2 saturated heterocycles. The maximum absolute atomic E-state index is 9.53. The molecule has 2 aliphatic heterocycles. The molecule has 0 radical (unpaired) electrons. The van der Waals surface area contributed by atoms with Crippen LogP contribution in [0.2, 0.25) is 0 Å². The van der Waals surface area contributed by atoms with E-state index in [9.17, 15) is 5.26 Å². The van der Waals surface area contributed by atoms with E-state index in [0.717, 1.165) is 57.0 Å². The first-order valence-corrected chi connectivity index (χ1v) is 11.6. The van der Waals surface area contributed by atoms with Crippen molar-refractivity contribution >= 4 is 5.96 Å². The second-order valence-corrected chi connectivity index (χ2v) is 8.78. The lowest BCUT2D eigenvalue weighted by Crippen LogP contribution is -2.49. The number of likely N-dealkylation sites (tertiary alicyclic amines) is 1. The predicted octanol–water partition coefficient (Wildman–Crippen LogP) is 2.98. The van der Waals surface area contributed by atoms with E-state index in [1.165, 1.54) is 5.56 Å². The van der Waals surface area contributed by atoms with Crippen LogP contribution in [0, 0.1) is 11.5 Å². The number of aromatic nitrogens is 1. The van der Waals surface area contributed by atoms with E-state index in [2.05, 4.69) is 74.2 Å². The highest BCUT2D eigenvalue weighted by molar-refractivity contribution is 5.84. The fourth-order valence-electron chi connectivity index (χ4n) is 5.09. The molecule has 4 rings (SSSR count). The average Bonchev–Trinajstić information content (AvgIpc) is 3.18. The number of benzene rings is 1. The summed E-state index contributed by atoms with van der Waals surface area (Å²) in [7, 11) is 0. The zero-order valence-corrected chi connectivity index (χ0v) is 18.8. The van der Waals surface area contributed by atoms with E-state index in [0.29, 0.717) is 18.6 Å². The summed E-state index contributed by atoms with van der Waals surface area (Å²) in [5.41, 5.74) is 8.18. The summed E-state index contributed by atoms with van der Waals surface area (Å²) in [5.74, 6) is 0.790. The second kappa shape index (κ2) is 10.6. The zero-order valence-electron chi connectivity index (χ0n) is 18.8. The van der Waals surface area contributed by atoms with Crippen LogP contribution in [0.15, 0.2) is 59.9 Å². The molecule has 0 unspecified atom stereocenters. The summed E-state index contributed by atoms with van der Waals surface area (Å²) >= 11 is 0. The Morgan fingerprint density at radius 3 is 2.62 bits per heavy atom. The fraction of sp³-hybridized carbons (Fsp3) is 0.480. The minimum absolute atomic E-state index is 0.179. The van der Waals surface area contributed by atoms with E-state index in [1.807, 2.05) is 12.3 Å². The third-order valence-electron chi connectivity index (χ3n) is 6.77. The van der Waals surface area contributed by atoms with Gasteiger partial charge in [0.1, 0.15) is 0 Å². The number of guanidine groups is 1. The van der Waals surface area contributed by atoms with Gasteiger partial charge in [0, 0.05) is 50.7 Å². The lowest BCUT2D eigenvalue weighted by Gasteiger charge is -2.41. The monoisotopic (exact) mass is 431 g/mol. The summed E-state index contributed by atoms with van der Waals surface area (Å²) in [6.07, 6.45) is 8.90. The van der Waals surface area contributed by atoms with Gasteiger partial charge in [0.25, 0.3) is 0 Å². The van der Waals surface area contributed by atoms with Gasteiger partial charge >= 0.3 is 0 Å². The van der Waals surface area contributed by atoms with Gasteiger partial charge < -0.3 is 20.4 Å². The fourth-order valence-corrected chi connectivity index (χ4v) is 5.09. The number of nitrogens with zero attached hydrogens (tertiary/aromatic N) is 6. The molecular weight excluding hydrogens is 398 g/mol. The smallest absolute Gasteiger partial charge is 0.213 e. The normalized spacial score (nSPS) is 22.3. The van der Waals surface area contributed by atoms with Crippen LogP contribution in [-0.4, -0.2) is 63.9 Å². The van der Waals surface area contributed by atoms with Crippen LogP contribution in [0.25, 0.3) is 0 Å². The highest BCUT2D eigenvalue weighted by atomic mass is 15.5. The number of hydrogen-bond donors (Lipinski definition) is 1. The molecule has 32 heavy (non-hydrogen) atoms. The molecule has 2 atom stereocenters. The molecule has 7 nitrogen and oxygen atoms in total. The van der Waals surface area contributed by atoms with Crippen molar-refractivity contribution in [1.82, 2.24) is 19.7 Å². The van der Waals surface area contributed by atoms with Gasteiger partial charge in [-0.3, -0.25) is 4.98 Å². The zero-order chi connectivity index (χ0) is 22.3. The van der Waals surface area contributed by atoms with Gasteiger partial charge in [-0.15, -0.1) is 4.99 Å². The Morgan fingerprint density at radius 2 is 1.97 bits per heavy atom. The summed E-state index contributed by atoms with van der Waals surface area (Å²) in [5, 5.41) is 9.53. The van der Waals surface area contributed by atoms with Crippen molar-refractivity contribution in [3.63, 3.8) is 0 Å². The van der Waals surface area contributed by atoms with Gasteiger partial charge in [-0.05, 0) is 49.9 Å². The van der Waals surface area contributed by atoms with Crippen molar-refractivity contribution in [2.45, 2.75) is 50.9 Å². The number of pyridine rings is 1. The molecule has 2 aliphatic rings. The molecule has 0 aliphatic carbocycles. The highest BCUT2D eigenvalue weighted by Gasteiger charge is 2.41. The van der Waals surface area contributed by atoms with Crippen molar-refractivity contribution in [3.05, 3.63) is 66.0 Å². The number of piperidine rings is 1.